The van der Waals surface area contributed by atoms with Gasteiger partial charge in [0.1, 0.15) is 11.2 Å². The monoisotopic (exact) mass is 396 g/mol. The predicted octanol–water partition coefficient (Wildman–Crippen LogP) is 2.35. The highest BCUT2D eigenvalue weighted by Gasteiger charge is 2.75. The molecule has 2 N–H and O–H groups in total. The molecule has 1 saturated carbocycles. The largest absolute Gasteiger partial charge is 0.497 e. The van der Waals surface area contributed by atoms with Crippen molar-refractivity contribution in [1.82, 2.24) is 0 Å². The lowest BCUT2D eigenvalue weighted by atomic mass is 10.00. The number of aliphatic hydroxyl groups is 1. The van der Waals surface area contributed by atoms with Crippen molar-refractivity contribution in [3.63, 3.8) is 0 Å². The summed E-state index contributed by atoms with van der Waals surface area (Å²) in [4.78, 5) is 11.9. The first kappa shape index (κ1) is 18.7. The van der Waals surface area contributed by atoms with Gasteiger partial charge in [0, 0.05) is 10.9 Å². The number of methoxy groups -OCH3 is 1. The van der Waals surface area contributed by atoms with Crippen LogP contribution in [0.1, 0.15) is 11.5 Å². The third-order valence-corrected chi connectivity index (χ3v) is 7.41. The fraction of sp³-hybridized carbons (Fsp3) is 0.278. The number of rotatable bonds is 6. The first-order valence-corrected chi connectivity index (χ1v) is 9.69. The number of carboxylic acid groups (broad SMARTS) is 1. The van der Waals surface area contributed by atoms with Crippen molar-refractivity contribution in [3.8, 4) is 5.75 Å². The van der Waals surface area contributed by atoms with Crippen LogP contribution in [0.3, 0.4) is 0 Å². The van der Waals surface area contributed by atoms with Crippen LogP contribution in [0.5, 0.6) is 5.75 Å². The molecule has 0 saturated heterocycles. The van der Waals surface area contributed by atoms with Crippen molar-refractivity contribution in [1.29, 1.82) is 0 Å². The molecule has 1 fully saturated rings. The summed E-state index contributed by atoms with van der Waals surface area (Å²) in [5, 5.41) is 18.6. The van der Waals surface area contributed by atoms with Gasteiger partial charge in [0.05, 0.1) is 23.9 Å². The number of ether oxygens (including phenoxy) is 1. The van der Waals surface area contributed by atoms with E-state index in [9.17, 15) is 23.4 Å². The standard InChI is InChI=1S/C18H17ClO6S/c1-25-13-6-2-11(3-7-13)15-16(18(15,10-20)17(21)22)26(23,24)14-8-4-12(19)5-9-14/h2-9,15-16,20H,10H2,1H3,(H,21,22)/t15-,16-,18-/m1/s1. The SMILES string of the molecule is COc1ccc([C@@H]2[C@@H](S(=O)(=O)c3ccc(Cl)cc3)[C@]2(CO)C(=O)O)cc1. The van der Waals surface area contributed by atoms with E-state index >= 15 is 0 Å². The van der Waals surface area contributed by atoms with E-state index in [1.165, 1.54) is 31.4 Å². The minimum atomic E-state index is -3.99. The second-order valence-electron chi connectivity index (χ2n) is 6.17. The van der Waals surface area contributed by atoms with Gasteiger partial charge in [-0.25, -0.2) is 8.42 Å². The minimum absolute atomic E-state index is 0.0259. The van der Waals surface area contributed by atoms with Crippen LogP contribution in [0.25, 0.3) is 0 Å². The number of aliphatic carboxylic acids is 1. The summed E-state index contributed by atoms with van der Waals surface area (Å²) in [5.74, 6) is -1.64. The van der Waals surface area contributed by atoms with E-state index in [0.29, 0.717) is 16.3 Å². The summed E-state index contributed by atoms with van der Waals surface area (Å²) in [5.41, 5.74) is -1.27. The molecule has 0 bridgehead atoms. The van der Waals surface area contributed by atoms with Gasteiger partial charge >= 0.3 is 5.97 Å². The molecule has 138 valence electrons. The summed E-state index contributed by atoms with van der Waals surface area (Å²) in [6, 6.07) is 12.0. The molecule has 0 heterocycles. The molecule has 1 aliphatic carbocycles. The molecule has 6 nitrogen and oxygen atoms in total. The van der Waals surface area contributed by atoms with Gasteiger partial charge in [-0.3, -0.25) is 4.79 Å². The molecule has 0 aliphatic heterocycles. The van der Waals surface area contributed by atoms with Gasteiger partial charge < -0.3 is 14.9 Å². The van der Waals surface area contributed by atoms with Crippen LogP contribution in [-0.4, -0.2) is 43.6 Å². The molecule has 1 aliphatic rings. The average Bonchev–Trinajstić information content (AvgIpc) is 3.34. The number of sulfone groups is 1. The number of hydrogen-bond acceptors (Lipinski definition) is 5. The Morgan fingerprint density at radius 2 is 1.73 bits per heavy atom. The Balaban J connectivity index is 2.08. The Kier molecular flexibility index (Phi) is 4.72. The molecule has 2 aromatic carbocycles. The number of benzene rings is 2. The zero-order valence-electron chi connectivity index (χ0n) is 13.8. The van der Waals surface area contributed by atoms with Gasteiger partial charge in [0.15, 0.2) is 9.84 Å². The van der Waals surface area contributed by atoms with Crippen molar-refractivity contribution in [3.05, 3.63) is 59.1 Å². The molecule has 0 spiro atoms. The highest BCUT2D eigenvalue weighted by molar-refractivity contribution is 7.92. The summed E-state index contributed by atoms with van der Waals surface area (Å²) < 4.78 is 31.2. The Hall–Kier alpha value is -2.09. The zero-order valence-corrected chi connectivity index (χ0v) is 15.4. The summed E-state index contributed by atoms with van der Waals surface area (Å²) in [6.07, 6.45) is 0. The van der Waals surface area contributed by atoms with E-state index in [4.69, 9.17) is 16.3 Å². The predicted molar refractivity (Wildman–Crippen MR) is 95.3 cm³/mol. The van der Waals surface area contributed by atoms with Crippen LogP contribution in [0.2, 0.25) is 5.02 Å². The lowest BCUT2D eigenvalue weighted by molar-refractivity contribution is -0.145. The molecule has 0 amide bonds. The van der Waals surface area contributed by atoms with Gasteiger partial charge in [0.25, 0.3) is 0 Å². The summed E-state index contributed by atoms with van der Waals surface area (Å²) >= 11 is 5.80. The molecular weight excluding hydrogens is 380 g/mol. The maximum absolute atomic E-state index is 13.0. The van der Waals surface area contributed by atoms with E-state index < -0.39 is 39.0 Å². The molecule has 2 aromatic rings. The lowest BCUT2D eigenvalue weighted by Gasteiger charge is -2.09. The first-order chi connectivity index (χ1) is 12.3. The molecule has 8 heteroatoms. The van der Waals surface area contributed by atoms with E-state index in [2.05, 4.69) is 0 Å². The van der Waals surface area contributed by atoms with Crippen LogP contribution in [0.15, 0.2) is 53.4 Å². The quantitative estimate of drug-likeness (QED) is 0.777. The number of carboxylic acids is 1. The highest BCUT2D eigenvalue weighted by atomic mass is 35.5. The fourth-order valence-corrected chi connectivity index (χ4v) is 5.92. The normalized spacial score (nSPS) is 24.9. The second kappa shape index (κ2) is 6.57. The smallest absolute Gasteiger partial charge is 0.314 e. The van der Waals surface area contributed by atoms with Crippen molar-refractivity contribution >= 4 is 27.4 Å². The molecular formula is C18H17ClO6S. The zero-order chi connectivity index (χ0) is 19.1. The highest BCUT2D eigenvalue weighted by Crippen LogP contribution is 2.64. The molecule has 0 unspecified atom stereocenters. The van der Waals surface area contributed by atoms with Gasteiger partial charge in [-0.05, 0) is 42.0 Å². The van der Waals surface area contributed by atoms with Crippen LogP contribution < -0.4 is 4.74 Å². The Labute approximate surface area is 155 Å². The van der Waals surface area contributed by atoms with Crippen LogP contribution in [-0.2, 0) is 14.6 Å². The summed E-state index contributed by atoms with van der Waals surface area (Å²) in [7, 11) is -2.50. The molecule has 3 rings (SSSR count). The molecule has 3 atom stereocenters. The molecule has 0 radical (unpaired) electrons. The maximum atomic E-state index is 13.0. The molecule has 0 aromatic heterocycles. The maximum Gasteiger partial charge on any atom is 0.314 e. The Morgan fingerprint density at radius 3 is 2.19 bits per heavy atom. The topological polar surface area (TPSA) is 101 Å². The van der Waals surface area contributed by atoms with E-state index in [1.807, 2.05) is 0 Å². The number of hydrogen-bond donors (Lipinski definition) is 2. The van der Waals surface area contributed by atoms with Crippen LogP contribution >= 0.6 is 11.6 Å². The minimum Gasteiger partial charge on any atom is -0.497 e. The first-order valence-electron chi connectivity index (χ1n) is 7.76. The van der Waals surface area contributed by atoms with Gasteiger partial charge in [-0.1, -0.05) is 23.7 Å². The van der Waals surface area contributed by atoms with E-state index in [1.54, 1.807) is 24.3 Å². The molecule has 26 heavy (non-hydrogen) atoms. The van der Waals surface area contributed by atoms with Crippen molar-refractivity contribution in [2.75, 3.05) is 13.7 Å². The lowest BCUT2D eigenvalue weighted by Crippen LogP contribution is -2.27. The van der Waals surface area contributed by atoms with Gasteiger partial charge in [-0.15, -0.1) is 0 Å². The third kappa shape index (κ3) is 2.76. The van der Waals surface area contributed by atoms with Crippen molar-refractivity contribution in [2.45, 2.75) is 16.1 Å². The third-order valence-electron chi connectivity index (χ3n) is 4.87. The van der Waals surface area contributed by atoms with Crippen LogP contribution in [0, 0.1) is 5.41 Å². The average molecular weight is 397 g/mol. The fourth-order valence-electron chi connectivity index (χ4n) is 3.43. The van der Waals surface area contributed by atoms with Gasteiger partial charge in [0.2, 0.25) is 0 Å². The summed E-state index contributed by atoms with van der Waals surface area (Å²) in [6.45, 7) is -0.781. The van der Waals surface area contributed by atoms with E-state index in [-0.39, 0.29) is 4.90 Å². The Morgan fingerprint density at radius 1 is 1.15 bits per heavy atom. The van der Waals surface area contributed by atoms with Crippen LogP contribution in [0.4, 0.5) is 0 Å². The number of carbonyl (C=O) groups is 1. The van der Waals surface area contributed by atoms with Gasteiger partial charge in [-0.2, -0.15) is 0 Å². The van der Waals surface area contributed by atoms with Crippen molar-refractivity contribution < 1.29 is 28.2 Å². The van der Waals surface area contributed by atoms with E-state index in [0.717, 1.165) is 0 Å². The second-order valence-corrected chi connectivity index (χ2v) is 8.68. The van der Waals surface area contributed by atoms with Crippen molar-refractivity contribution in [2.24, 2.45) is 5.41 Å². The Bertz CT molecular complexity index is 923. The number of aliphatic hydroxyl groups excluding tert-OH is 1. The number of halogens is 1.